The first kappa shape index (κ1) is 27.7. The number of carbonyl (C=O) groups is 5. The molecule has 5 atom stereocenters. The number of hydrogen-bond donors (Lipinski definition) is 1. The number of nitrogens with zero attached hydrogens (tertiary/aromatic N) is 1. The number of rotatable bonds is 11. The fraction of sp³-hybridized carbons (Fsp3) is 0.500. The van der Waals surface area contributed by atoms with Gasteiger partial charge < -0.3 is 24.3 Å². The zero-order valence-corrected chi connectivity index (χ0v) is 19.4. The fourth-order valence-electron chi connectivity index (χ4n) is 3.20. The molecule has 0 aromatic heterocycles. The topological polar surface area (TPSA) is 147 Å². The number of esters is 3. The highest BCUT2D eigenvalue weighted by Gasteiger charge is 2.51. The van der Waals surface area contributed by atoms with Gasteiger partial charge in [-0.3, -0.25) is 28.8 Å². The first-order valence-corrected chi connectivity index (χ1v) is 10.6. The maximum atomic E-state index is 15.3. The first-order chi connectivity index (χ1) is 16.6. The molecule has 1 aliphatic rings. The zero-order valence-electron chi connectivity index (χ0n) is 19.4. The molecule has 2 amide bonds. The van der Waals surface area contributed by atoms with Crippen LogP contribution in [0.5, 0.6) is 0 Å². The number of benzene rings is 1. The summed E-state index contributed by atoms with van der Waals surface area (Å²) >= 11 is 0. The predicted octanol–water partition coefficient (Wildman–Crippen LogP) is 0.182. The molecule has 0 unspecified atom stereocenters. The largest absolute Gasteiger partial charge is 0.463 e. The van der Waals surface area contributed by atoms with E-state index in [0.29, 0.717) is 5.06 Å². The third kappa shape index (κ3) is 8.94. The quantitative estimate of drug-likeness (QED) is 0.194. The number of nitrogens with one attached hydrogen (secondary N) is 1. The van der Waals surface area contributed by atoms with Crippen molar-refractivity contribution in [3.8, 4) is 0 Å². The molecule has 1 saturated heterocycles. The predicted molar refractivity (Wildman–Crippen MR) is 113 cm³/mol. The Balaban J connectivity index is 2.10. The fourth-order valence-corrected chi connectivity index (χ4v) is 3.20. The van der Waals surface area contributed by atoms with Gasteiger partial charge in [0, 0.05) is 20.8 Å². The van der Waals surface area contributed by atoms with Gasteiger partial charge in [-0.15, -0.1) is 0 Å². The number of hydrogen-bond acceptors (Lipinski definition) is 10. The number of amides is 2. The van der Waals surface area contributed by atoms with Gasteiger partial charge in [0.1, 0.15) is 25.9 Å². The normalized spacial score (nSPS) is 23.5. The third-order valence-corrected chi connectivity index (χ3v) is 4.63. The van der Waals surface area contributed by atoms with E-state index in [4.69, 9.17) is 23.8 Å². The second-order valence-electron chi connectivity index (χ2n) is 7.50. The van der Waals surface area contributed by atoms with Crippen molar-refractivity contribution < 1.29 is 52.1 Å². The van der Waals surface area contributed by atoms with E-state index < -0.39 is 67.7 Å². The molecule has 0 saturated carbocycles. The summed E-state index contributed by atoms with van der Waals surface area (Å²) in [4.78, 5) is 63.4. The Bertz CT molecular complexity index is 899. The average molecular weight is 498 g/mol. The summed E-state index contributed by atoms with van der Waals surface area (Å²) in [6, 6.07) is 8.85. The third-order valence-electron chi connectivity index (χ3n) is 4.63. The van der Waals surface area contributed by atoms with Crippen molar-refractivity contribution in [2.75, 3.05) is 13.2 Å². The van der Waals surface area contributed by atoms with E-state index in [-0.39, 0.29) is 13.0 Å². The van der Waals surface area contributed by atoms with Crippen LogP contribution in [-0.2, 0) is 54.4 Å². The van der Waals surface area contributed by atoms with Gasteiger partial charge in [-0.25, -0.2) is 9.45 Å². The van der Waals surface area contributed by atoms with Crippen LogP contribution < -0.4 is 5.32 Å². The minimum atomic E-state index is -2.17. The van der Waals surface area contributed by atoms with E-state index in [9.17, 15) is 24.0 Å². The molecule has 1 aromatic carbocycles. The van der Waals surface area contributed by atoms with Crippen LogP contribution in [0, 0.1) is 0 Å². The van der Waals surface area contributed by atoms with Gasteiger partial charge in [0.25, 0.3) is 0 Å². The van der Waals surface area contributed by atoms with Crippen LogP contribution in [-0.4, -0.2) is 79.2 Å². The molecule has 13 heteroatoms. The Labute approximate surface area is 200 Å². The Kier molecular flexibility index (Phi) is 10.5. The van der Waals surface area contributed by atoms with Crippen LogP contribution in [0.15, 0.2) is 30.3 Å². The lowest BCUT2D eigenvalue weighted by atomic mass is 9.98. The molecule has 2 rings (SSSR count). The standard InChI is InChI=1S/C22H27FN2O10/c1-13(27)31-11-17-20(33-14(2)28)21(34-15(3)29)19(23)22(35-17)24-18(30)9-25(12-26)32-10-16-7-5-4-6-8-16/h4-8,12,17,19-22H,9-11H2,1-3H3,(H,24,30)/t17-,19+,20-,21-,22-/m1/s1. The molecule has 0 aliphatic carbocycles. The highest BCUT2D eigenvalue weighted by molar-refractivity contribution is 5.79. The lowest BCUT2D eigenvalue weighted by Crippen LogP contribution is -2.64. The van der Waals surface area contributed by atoms with Crippen molar-refractivity contribution in [1.29, 1.82) is 0 Å². The maximum absolute atomic E-state index is 15.3. The summed E-state index contributed by atoms with van der Waals surface area (Å²) in [5, 5.41) is 2.95. The Morgan fingerprint density at radius 1 is 1.03 bits per heavy atom. The summed E-state index contributed by atoms with van der Waals surface area (Å²) in [7, 11) is 0. The van der Waals surface area contributed by atoms with Gasteiger partial charge in [0.2, 0.25) is 12.3 Å². The monoisotopic (exact) mass is 498 g/mol. The van der Waals surface area contributed by atoms with Crippen LogP contribution in [0.4, 0.5) is 4.39 Å². The van der Waals surface area contributed by atoms with Crippen molar-refractivity contribution in [3.05, 3.63) is 35.9 Å². The molecule has 12 nitrogen and oxygen atoms in total. The Morgan fingerprint density at radius 3 is 2.23 bits per heavy atom. The van der Waals surface area contributed by atoms with E-state index in [0.717, 1.165) is 26.3 Å². The smallest absolute Gasteiger partial charge is 0.303 e. The summed E-state index contributed by atoms with van der Waals surface area (Å²) in [5.74, 6) is -3.26. The van der Waals surface area contributed by atoms with Crippen LogP contribution in [0.25, 0.3) is 0 Å². The molecular weight excluding hydrogens is 471 g/mol. The molecular formula is C22H27FN2O10. The molecule has 1 N–H and O–H groups in total. The minimum absolute atomic E-state index is 0.00156. The summed E-state index contributed by atoms with van der Waals surface area (Å²) in [6.45, 7) is 2.11. The lowest BCUT2D eigenvalue weighted by molar-refractivity contribution is -0.240. The summed E-state index contributed by atoms with van der Waals surface area (Å²) in [5.41, 5.74) is 0.744. The molecule has 192 valence electrons. The van der Waals surface area contributed by atoms with E-state index in [1.54, 1.807) is 30.3 Å². The maximum Gasteiger partial charge on any atom is 0.303 e. The molecule has 0 bridgehead atoms. The van der Waals surface area contributed by atoms with Gasteiger partial charge >= 0.3 is 17.9 Å². The number of hydroxylamine groups is 2. The van der Waals surface area contributed by atoms with Crippen molar-refractivity contribution in [2.45, 2.75) is 58.1 Å². The molecule has 0 spiro atoms. The molecule has 1 aliphatic heterocycles. The highest BCUT2D eigenvalue weighted by Crippen LogP contribution is 2.28. The molecule has 1 aromatic rings. The van der Waals surface area contributed by atoms with Crippen molar-refractivity contribution in [3.63, 3.8) is 0 Å². The van der Waals surface area contributed by atoms with E-state index in [1.807, 2.05) is 0 Å². The second kappa shape index (κ2) is 13.3. The van der Waals surface area contributed by atoms with Crippen molar-refractivity contribution in [2.24, 2.45) is 0 Å². The molecule has 35 heavy (non-hydrogen) atoms. The number of alkyl halides is 1. The van der Waals surface area contributed by atoms with E-state index >= 15 is 4.39 Å². The van der Waals surface area contributed by atoms with E-state index in [1.165, 1.54) is 0 Å². The number of ether oxygens (including phenoxy) is 4. The van der Waals surface area contributed by atoms with Crippen molar-refractivity contribution >= 4 is 30.2 Å². The lowest BCUT2D eigenvalue weighted by Gasteiger charge is -2.42. The SMILES string of the molecule is CC(=O)OC[C@H]1O[C@@H](NC(=O)CN(C=O)OCc2ccccc2)[C@@H](F)[C@@H](OC(C)=O)[C@@H]1OC(C)=O. The molecule has 0 radical (unpaired) electrons. The van der Waals surface area contributed by atoms with Crippen LogP contribution in [0.3, 0.4) is 0 Å². The summed E-state index contributed by atoms with van der Waals surface area (Å²) in [6.07, 6.45) is -8.00. The highest BCUT2D eigenvalue weighted by atomic mass is 19.1. The van der Waals surface area contributed by atoms with Crippen molar-refractivity contribution in [1.82, 2.24) is 10.4 Å². The van der Waals surface area contributed by atoms with Gasteiger partial charge in [0.15, 0.2) is 24.6 Å². The van der Waals surface area contributed by atoms with Gasteiger partial charge in [-0.1, -0.05) is 30.3 Å². The van der Waals surface area contributed by atoms with Crippen LogP contribution in [0.1, 0.15) is 26.3 Å². The second-order valence-corrected chi connectivity index (χ2v) is 7.50. The van der Waals surface area contributed by atoms with Gasteiger partial charge in [-0.2, -0.15) is 0 Å². The zero-order chi connectivity index (χ0) is 26.0. The van der Waals surface area contributed by atoms with Crippen LogP contribution >= 0.6 is 0 Å². The molecule has 1 heterocycles. The van der Waals surface area contributed by atoms with Crippen LogP contribution in [0.2, 0.25) is 0 Å². The molecule has 1 fully saturated rings. The Hall–Kier alpha value is -3.58. The first-order valence-electron chi connectivity index (χ1n) is 10.6. The number of carbonyl (C=O) groups excluding carboxylic acids is 5. The van der Waals surface area contributed by atoms with Gasteiger partial charge in [-0.05, 0) is 5.56 Å². The average Bonchev–Trinajstić information content (AvgIpc) is 2.80. The minimum Gasteiger partial charge on any atom is -0.463 e. The Morgan fingerprint density at radius 2 is 1.66 bits per heavy atom. The number of halogens is 1. The summed E-state index contributed by atoms with van der Waals surface area (Å²) < 4.78 is 35.7. The van der Waals surface area contributed by atoms with E-state index in [2.05, 4.69) is 5.32 Å². The van der Waals surface area contributed by atoms with Gasteiger partial charge in [0.05, 0.1) is 0 Å².